The van der Waals surface area contributed by atoms with Crippen molar-refractivity contribution in [3.8, 4) is 5.75 Å². The third kappa shape index (κ3) is 18.5. The molecule has 0 bridgehead atoms. The molecule has 1 aromatic carbocycles. The molecule has 0 unspecified atom stereocenters. The van der Waals surface area contributed by atoms with Crippen LogP contribution in [-0.4, -0.2) is 43.2 Å². The van der Waals surface area contributed by atoms with Crippen molar-refractivity contribution in [3.63, 3.8) is 0 Å². The number of amides is 2. The van der Waals surface area contributed by atoms with Crippen LogP contribution in [0.2, 0.25) is 0 Å². The number of phenols is 1. The number of hydrogen-bond donors (Lipinski definition) is 3. The van der Waals surface area contributed by atoms with Crippen molar-refractivity contribution in [2.24, 2.45) is 0 Å². The van der Waals surface area contributed by atoms with Crippen molar-refractivity contribution < 1.29 is 19.4 Å². The largest absolute Gasteiger partial charge is 0.507 e. The summed E-state index contributed by atoms with van der Waals surface area (Å²) in [6, 6.07) is 6.32. The molecular formula is C31H44N2O4. The standard InChI is InChI=1S/C31H44N2O4/c1-2-3-4-5-6-7-8-9-10-11-12-13-14-15-16-17-18-21-26-37-27-30(35)32-24-25-33-31(36)28-22-19-20-23-29(28)34/h3-4,6-7,9-10,12-13,15-16,19-20,22-23,34H,2,5,8,11,14,17-18,21,24-27H2,1H3,(H,32,35)(H,33,36)/b4-3-,7-6-,10-9-,13-12-,16-15-. The number of para-hydroxylation sites is 1. The summed E-state index contributed by atoms with van der Waals surface area (Å²) in [7, 11) is 0. The first-order valence-electron chi connectivity index (χ1n) is 13.3. The molecule has 0 aliphatic carbocycles. The molecular weight excluding hydrogens is 464 g/mol. The number of rotatable bonds is 20. The van der Waals surface area contributed by atoms with E-state index in [9.17, 15) is 14.7 Å². The van der Waals surface area contributed by atoms with Crippen LogP contribution in [0.4, 0.5) is 0 Å². The van der Waals surface area contributed by atoms with Gasteiger partial charge in [0.05, 0.1) is 5.56 Å². The zero-order chi connectivity index (χ0) is 26.8. The molecule has 0 aliphatic rings. The normalized spacial score (nSPS) is 12.0. The number of phenolic OH excluding ortho intramolecular Hbond substituents is 1. The highest BCUT2D eigenvalue weighted by molar-refractivity contribution is 5.96. The number of hydrogen-bond acceptors (Lipinski definition) is 4. The molecule has 0 radical (unpaired) electrons. The van der Waals surface area contributed by atoms with Crippen LogP contribution in [0.15, 0.2) is 85.0 Å². The zero-order valence-corrected chi connectivity index (χ0v) is 22.2. The van der Waals surface area contributed by atoms with Crippen LogP contribution in [0.3, 0.4) is 0 Å². The Labute approximate surface area is 222 Å². The third-order valence-corrected chi connectivity index (χ3v) is 5.18. The van der Waals surface area contributed by atoms with Crippen LogP contribution in [0.5, 0.6) is 5.75 Å². The Kier molecular flexibility index (Phi) is 19.7. The summed E-state index contributed by atoms with van der Waals surface area (Å²) in [5.74, 6) is -0.662. The molecule has 1 rings (SSSR count). The predicted octanol–water partition coefficient (Wildman–Crippen LogP) is 6.18. The van der Waals surface area contributed by atoms with Crippen molar-refractivity contribution in [1.29, 1.82) is 0 Å². The Morgan fingerprint density at radius 2 is 1.35 bits per heavy atom. The SMILES string of the molecule is CC/C=C\C/C=C\C/C=C\C/C=C\C/C=C\CCCCOCC(=O)NCCNC(=O)c1ccccc1O. The van der Waals surface area contributed by atoms with E-state index in [1.165, 1.54) is 6.07 Å². The molecule has 3 N–H and O–H groups in total. The van der Waals surface area contributed by atoms with E-state index in [2.05, 4.69) is 78.3 Å². The summed E-state index contributed by atoms with van der Waals surface area (Å²) >= 11 is 0. The molecule has 0 aliphatic heterocycles. The van der Waals surface area contributed by atoms with Gasteiger partial charge in [-0.2, -0.15) is 0 Å². The van der Waals surface area contributed by atoms with Gasteiger partial charge in [-0.3, -0.25) is 9.59 Å². The number of carbonyl (C=O) groups is 2. The third-order valence-electron chi connectivity index (χ3n) is 5.18. The topological polar surface area (TPSA) is 87.7 Å². The van der Waals surface area contributed by atoms with Crippen LogP contribution in [0.1, 0.15) is 68.6 Å². The highest BCUT2D eigenvalue weighted by Gasteiger charge is 2.09. The summed E-state index contributed by atoms with van der Waals surface area (Å²) < 4.78 is 5.41. The lowest BCUT2D eigenvalue weighted by atomic mass is 10.2. The lowest BCUT2D eigenvalue weighted by Crippen LogP contribution is -2.36. The molecule has 0 aromatic heterocycles. The second kappa shape index (κ2) is 23.0. The summed E-state index contributed by atoms with van der Waals surface area (Å²) in [5.41, 5.74) is 0.210. The molecule has 6 nitrogen and oxygen atoms in total. The highest BCUT2D eigenvalue weighted by Crippen LogP contribution is 2.14. The smallest absolute Gasteiger partial charge is 0.255 e. The number of benzene rings is 1. The van der Waals surface area contributed by atoms with Gasteiger partial charge in [-0.1, -0.05) is 79.8 Å². The highest BCUT2D eigenvalue weighted by atomic mass is 16.5. The molecule has 1 aromatic rings. The van der Waals surface area contributed by atoms with Crippen LogP contribution in [-0.2, 0) is 9.53 Å². The molecule has 202 valence electrons. The Balaban J connectivity index is 1.91. The predicted molar refractivity (Wildman–Crippen MR) is 153 cm³/mol. The minimum absolute atomic E-state index is 0.00902. The Morgan fingerprint density at radius 3 is 1.97 bits per heavy atom. The molecule has 0 fully saturated rings. The van der Waals surface area contributed by atoms with E-state index in [1.54, 1.807) is 18.2 Å². The van der Waals surface area contributed by atoms with Gasteiger partial charge >= 0.3 is 0 Å². The molecule has 2 amide bonds. The maximum atomic E-state index is 12.0. The monoisotopic (exact) mass is 508 g/mol. The molecule has 6 heteroatoms. The minimum atomic E-state index is -0.379. The second-order valence-corrected chi connectivity index (χ2v) is 8.38. The fraction of sp³-hybridized carbons (Fsp3) is 0.419. The average molecular weight is 509 g/mol. The van der Waals surface area contributed by atoms with Crippen molar-refractivity contribution in [2.75, 3.05) is 26.3 Å². The second-order valence-electron chi connectivity index (χ2n) is 8.38. The summed E-state index contributed by atoms with van der Waals surface area (Å²) in [6.45, 7) is 3.27. The summed E-state index contributed by atoms with van der Waals surface area (Å²) in [5, 5.41) is 15.0. The van der Waals surface area contributed by atoms with Crippen LogP contribution in [0, 0.1) is 0 Å². The van der Waals surface area contributed by atoms with Crippen LogP contribution < -0.4 is 10.6 Å². The van der Waals surface area contributed by atoms with Crippen LogP contribution >= 0.6 is 0 Å². The first-order valence-corrected chi connectivity index (χ1v) is 13.3. The number of unbranched alkanes of at least 4 members (excludes halogenated alkanes) is 2. The molecule has 0 heterocycles. The van der Waals surface area contributed by atoms with Gasteiger partial charge in [0.2, 0.25) is 5.91 Å². The first kappa shape index (κ1) is 31.6. The maximum Gasteiger partial charge on any atom is 0.255 e. The fourth-order valence-electron chi connectivity index (χ4n) is 3.19. The lowest BCUT2D eigenvalue weighted by Gasteiger charge is -2.08. The van der Waals surface area contributed by atoms with E-state index in [0.717, 1.165) is 51.4 Å². The average Bonchev–Trinajstić information content (AvgIpc) is 2.90. The summed E-state index contributed by atoms with van der Waals surface area (Å²) in [4.78, 5) is 23.7. The van der Waals surface area contributed by atoms with Gasteiger partial charge in [-0.05, 0) is 63.5 Å². The number of aromatic hydroxyl groups is 1. The van der Waals surface area contributed by atoms with Crippen molar-refractivity contribution in [1.82, 2.24) is 10.6 Å². The van der Waals surface area contributed by atoms with Gasteiger partial charge in [-0.15, -0.1) is 0 Å². The number of carbonyl (C=O) groups excluding carboxylic acids is 2. The lowest BCUT2D eigenvalue weighted by molar-refractivity contribution is -0.125. The van der Waals surface area contributed by atoms with Gasteiger partial charge < -0.3 is 20.5 Å². The molecule has 0 saturated carbocycles. The fourth-order valence-corrected chi connectivity index (χ4v) is 3.19. The first-order chi connectivity index (χ1) is 18.1. The zero-order valence-electron chi connectivity index (χ0n) is 22.2. The van der Waals surface area contributed by atoms with Gasteiger partial charge in [0.1, 0.15) is 12.4 Å². The van der Waals surface area contributed by atoms with E-state index < -0.39 is 0 Å². The molecule has 0 saturated heterocycles. The van der Waals surface area contributed by atoms with Crippen molar-refractivity contribution in [3.05, 3.63) is 90.6 Å². The Hall–Kier alpha value is -3.38. The Morgan fingerprint density at radius 1 is 0.784 bits per heavy atom. The van der Waals surface area contributed by atoms with Gasteiger partial charge in [-0.25, -0.2) is 0 Å². The van der Waals surface area contributed by atoms with E-state index in [1.807, 2.05) is 0 Å². The van der Waals surface area contributed by atoms with Crippen LogP contribution in [0.25, 0.3) is 0 Å². The van der Waals surface area contributed by atoms with Crippen molar-refractivity contribution in [2.45, 2.75) is 58.3 Å². The van der Waals surface area contributed by atoms with E-state index in [0.29, 0.717) is 13.2 Å². The van der Waals surface area contributed by atoms with E-state index >= 15 is 0 Å². The van der Waals surface area contributed by atoms with Gasteiger partial charge in [0.15, 0.2) is 0 Å². The summed E-state index contributed by atoms with van der Waals surface area (Å²) in [6.07, 6.45) is 29.9. The molecule has 0 atom stereocenters. The minimum Gasteiger partial charge on any atom is -0.507 e. The number of ether oxygens (including phenoxy) is 1. The molecule has 37 heavy (non-hydrogen) atoms. The van der Waals surface area contributed by atoms with Gasteiger partial charge in [0.25, 0.3) is 5.91 Å². The van der Waals surface area contributed by atoms with E-state index in [4.69, 9.17) is 4.74 Å². The maximum absolute atomic E-state index is 12.0. The quantitative estimate of drug-likeness (QED) is 0.145. The molecule has 0 spiro atoms. The Bertz CT molecular complexity index is 900. The van der Waals surface area contributed by atoms with Crippen molar-refractivity contribution >= 4 is 11.8 Å². The number of allylic oxidation sites excluding steroid dienone is 10. The number of nitrogens with one attached hydrogen (secondary N) is 2. The van der Waals surface area contributed by atoms with E-state index in [-0.39, 0.29) is 36.3 Å². The van der Waals surface area contributed by atoms with Gasteiger partial charge in [0, 0.05) is 19.7 Å².